The van der Waals surface area contributed by atoms with E-state index in [-0.39, 0.29) is 0 Å². The number of pyridine rings is 1. The van der Waals surface area contributed by atoms with Gasteiger partial charge in [-0.2, -0.15) is 5.26 Å². The van der Waals surface area contributed by atoms with E-state index >= 15 is 0 Å². The van der Waals surface area contributed by atoms with Gasteiger partial charge in [-0.3, -0.25) is 0 Å². The van der Waals surface area contributed by atoms with Gasteiger partial charge in [0.05, 0.1) is 13.2 Å². The Kier molecular flexibility index (Phi) is 4.30. The number of rotatable bonds is 4. The first-order valence-electron chi connectivity index (χ1n) is 5.45. The maximum Gasteiger partial charge on any atom is 0.140 e. The van der Waals surface area contributed by atoms with Crippen LogP contribution in [0, 0.1) is 11.3 Å². The highest BCUT2D eigenvalue weighted by atomic mass is 35.5. The van der Waals surface area contributed by atoms with Gasteiger partial charge in [0.1, 0.15) is 11.8 Å². The molecule has 1 heterocycles. The van der Waals surface area contributed by atoms with Crippen molar-refractivity contribution in [2.75, 3.05) is 0 Å². The highest BCUT2D eigenvalue weighted by Crippen LogP contribution is 2.11. The normalized spacial score (nSPS) is 10.0. The fourth-order valence-corrected chi connectivity index (χ4v) is 1.62. The van der Waals surface area contributed by atoms with Crippen molar-refractivity contribution in [3.8, 4) is 6.07 Å². The standard InChI is InChI=1S/C14H11ClN2O/c15-13-3-1-11(2-4-13)9-18-10-12-5-6-17-14(7-12)8-16/h1-7H,9-10H2. The third-order valence-corrected chi connectivity index (χ3v) is 2.64. The summed E-state index contributed by atoms with van der Waals surface area (Å²) in [6.07, 6.45) is 1.61. The van der Waals surface area contributed by atoms with E-state index in [2.05, 4.69) is 4.98 Å². The number of ether oxygens (including phenoxy) is 1. The summed E-state index contributed by atoms with van der Waals surface area (Å²) in [4.78, 5) is 3.90. The SMILES string of the molecule is N#Cc1cc(COCc2ccc(Cl)cc2)ccn1. The molecule has 90 valence electrons. The molecule has 0 aliphatic heterocycles. The van der Waals surface area contributed by atoms with Gasteiger partial charge in [-0.05, 0) is 35.4 Å². The predicted molar refractivity (Wildman–Crippen MR) is 68.9 cm³/mol. The third kappa shape index (κ3) is 3.56. The quantitative estimate of drug-likeness (QED) is 0.845. The van der Waals surface area contributed by atoms with Crippen molar-refractivity contribution in [3.05, 3.63) is 64.4 Å². The lowest BCUT2D eigenvalue weighted by atomic mass is 10.2. The summed E-state index contributed by atoms with van der Waals surface area (Å²) < 4.78 is 5.56. The van der Waals surface area contributed by atoms with E-state index in [1.807, 2.05) is 36.4 Å². The Balaban J connectivity index is 1.88. The highest BCUT2D eigenvalue weighted by Gasteiger charge is 1.98. The molecule has 0 radical (unpaired) electrons. The number of hydrogen-bond donors (Lipinski definition) is 0. The van der Waals surface area contributed by atoms with E-state index in [9.17, 15) is 0 Å². The molecule has 1 aromatic heterocycles. The van der Waals surface area contributed by atoms with Crippen LogP contribution in [-0.2, 0) is 18.0 Å². The van der Waals surface area contributed by atoms with Crippen LogP contribution in [0.15, 0.2) is 42.6 Å². The molecule has 0 amide bonds. The smallest absolute Gasteiger partial charge is 0.140 e. The lowest BCUT2D eigenvalue weighted by Crippen LogP contribution is -1.95. The first-order chi connectivity index (χ1) is 8.78. The summed E-state index contributed by atoms with van der Waals surface area (Å²) in [5, 5.41) is 9.44. The highest BCUT2D eigenvalue weighted by molar-refractivity contribution is 6.30. The van der Waals surface area contributed by atoms with Gasteiger partial charge in [0.15, 0.2) is 0 Å². The number of hydrogen-bond acceptors (Lipinski definition) is 3. The molecule has 0 aliphatic carbocycles. The van der Waals surface area contributed by atoms with Gasteiger partial charge in [0.25, 0.3) is 0 Å². The van der Waals surface area contributed by atoms with Gasteiger partial charge in [0.2, 0.25) is 0 Å². The van der Waals surface area contributed by atoms with Crippen LogP contribution in [0.2, 0.25) is 5.02 Å². The molecule has 4 heteroatoms. The van der Waals surface area contributed by atoms with Gasteiger partial charge >= 0.3 is 0 Å². The summed E-state index contributed by atoms with van der Waals surface area (Å²) >= 11 is 5.80. The molecule has 3 nitrogen and oxygen atoms in total. The second-order valence-corrected chi connectivity index (χ2v) is 4.22. The minimum atomic E-state index is 0.405. The van der Waals surface area contributed by atoms with Gasteiger partial charge in [-0.1, -0.05) is 23.7 Å². The molecule has 0 saturated carbocycles. The fraction of sp³-hybridized carbons (Fsp3) is 0.143. The van der Waals surface area contributed by atoms with Gasteiger partial charge in [-0.15, -0.1) is 0 Å². The van der Waals surface area contributed by atoms with Crippen molar-refractivity contribution in [1.29, 1.82) is 5.26 Å². The monoisotopic (exact) mass is 258 g/mol. The molecule has 0 unspecified atom stereocenters. The average Bonchev–Trinajstić information content (AvgIpc) is 2.41. The maximum atomic E-state index is 8.73. The van der Waals surface area contributed by atoms with E-state index in [0.717, 1.165) is 11.1 Å². The van der Waals surface area contributed by atoms with Crippen molar-refractivity contribution in [2.24, 2.45) is 0 Å². The topological polar surface area (TPSA) is 45.9 Å². The summed E-state index contributed by atoms with van der Waals surface area (Å²) in [5.74, 6) is 0. The molecule has 0 N–H and O–H groups in total. The minimum Gasteiger partial charge on any atom is -0.372 e. The Hall–Kier alpha value is -1.89. The predicted octanol–water partition coefficient (Wildman–Crippen LogP) is 3.32. The lowest BCUT2D eigenvalue weighted by molar-refractivity contribution is 0.107. The largest absolute Gasteiger partial charge is 0.372 e. The summed E-state index contributed by atoms with van der Waals surface area (Å²) in [6.45, 7) is 0.973. The first-order valence-corrected chi connectivity index (χ1v) is 5.83. The van der Waals surface area contributed by atoms with E-state index < -0.39 is 0 Å². The van der Waals surface area contributed by atoms with E-state index in [4.69, 9.17) is 21.6 Å². The van der Waals surface area contributed by atoms with Crippen LogP contribution in [0.4, 0.5) is 0 Å². The van der Waals surface area contributed by atoms with Crippen LogP contribution in [0.25, 0.3) is 0 Å². The van der Waals surface area contributed by atoms with Gasteiger partial charge in [-0.25, -0.2) is 4.98 Å². The molecule has 1 aromatic carbocycles. The second-order valence-electron chi connectivity index (χ2n) is 3.78. The Morgan fingerprint density at radius 1 is 1.11 bits per heavy atom. The Morgan fingerprint density at radius 2 is 1.83 bits per heavy atom. The molecule has 0 bridgehead atoms. The summed E-state index contributed by atoms with van der Waals surface area (Å²) in [7, 11) is 0. The number of halogens is 1. The van der Waals surface area contributed by atoms with Crippen LogP contribution in [0.3, 0.4) is 0 Å². The van der Waals surface area contributed by atoms with Crippen molar-refractivity contribution in [1.82, 2.24) is 4.98 Å². The minimum absolute atomic E-state index is 0.405. The molecule has 18 heavy (non-hydrogen) atoms. The van der Waals surface area contributed by atoms with Crippen LogP contribution in [0.5, 0.6) is 0 Å². The van der Waals surface area contributed by atoms with Crippen molar-refractivity contribution in [2.45, 2.75) is 13.2 Å². The van der Waals surface area contributed by atoms with Crippen LogP contribution in [0.1, 0.15) is 16.8 Å². The molecular weight excluding hydrogens is 248 g/mol. The fourth-order valence-electron chi connectivity index (χ4n) is 1.49. The Morgan fingerprint density at radius 3 is 2.56 bits per heavy atom. The number of nitrogens with zero attached hydrogens (tertiary/aromatic N) is 2. The zero-order chi connectivity index (χ0) is 12.8. The average molecular weight is 259 g/mol. The molecule has 0 fully saturated rings. The number of nitriles is 1. The zero-order valence-electron chi connectivity index (χ0n) is 9.64. The van der Waals surface area contributed by atoms with Crippen LogP contribution >= 0.6 is 11.6 Å². The second kappa shape index (κ2) is 6.15. The lowest BCUT2D eigenvalue weighted by Gasteiger charge is -2.04. The maximum absolute atomic E-state index is 8.73. The van der Waals surface area contributed by atoms with Crippen molar-refractivity contribution >= 4 is 11.6 Å². The number of benzene rings is 1. The van der Waals surface area contributed by atoms with Crippen LogP contribution < -0.4 is 0 Å². The molecular formula is C14H11ClN2O. The van der Waals surface area contributed by atoms with Crippen molar-refractivity contribution in [3.63, 3.8) is 0 Å². The Labute approximate surface area is 111 Å². The molecule has 0 spiro atoms. The van der Waals surface area contributed by atoms with Crippen molar-refractivity contribution < 1.29 is 4.74 Å². The van der Waals surface area contributed by atoms with E-state index in [0.29, 0.717) is 23.9 Å². The third-order valence-electron chi connectivity index (χ3n) is 2.39. The Bertz CT molecular complexity index is 561. The summed E-state index contributed by atoms with van der Waals surface area (Å²) in [5.41, 5.74) is 2.41. The molecule has 0 aliphatic rings. The zero-order valence-corrected chi connectivity index (χ0v) is 10.4. The van der Waals surface area contributed by atoms with Gasteiger partial charge < -0.3 is 4.74 Å². The number of aromatic nitrogens is 1. The summed E-state index contributed by atoms with van der Waals surface area (Å²) in [6, 6.07) is 13.1. The molecule has 0 saturated heterocycles. The van der Waals surface area contributed by atoms with E-state index in [1.54, 1.807) is 12.3 Å². The van der Waals surface area contributed by atoms with Gasteiger partial charge in [0, 0.05) is 11.2 Å². The molecule has 0 atom stereocenters. The van der Waals surface area contributed by atoms with Crippen LogP contribution in [-0.4, -0.2) is 4.98 Å². The first kappa shape index (κ1) is 12.6. The van der Waals surface area contributed by atoms with E-state index in [1.165, 1.54) is 0 Å². The molecule has 2 aromatic rings. The molecule has 2 rings (SSSR count).